The smallest absolute Gasteiger partial charge is 0.406 e. The van der Waals surface area contributed by atoms with Crippen LogP contribution in [-0.4, -0.2) is 21.7 Å². The fourth-order valence-corrected chi connectivity index (χ4v) is 4.16. The number of rotatable bonds is 4. The molecule has 1 amide bonds. The fourth-order valence-electron chi connectivity index (χ4n) is 4.16. The van der Waals surface area contributed by atoms with Gasteiger partial charge in [0.1, 0.15) is 17.2 Å². The molecule has 5 nitrogen and oxygen atoms in total. The van der Waals surface area contributed by atoms with Gasteiger partial charge in [0.25, 0.3) is 0 Å². The molecule has 0 bridgehead atoms. The van der Waals surface area contributed by atoms with Crippen LogP contribution in [0.3, 0.4) is 0 Å². The first-order chi connectivity index (χ1) is 15.8. The predicted octanol–water partition coefficient (Wildman–Crippen LogP) is 5.39. The van der Waals surface area contributed by atoms with Crippen molar-refractivity contribution in [2.24, 2.45) is 5.92 Å². The highest BCUT2D eigenvalue weighted by Crippen LogP contribution is 2.33. The quantitative estimate of drug-likeness (QED) is 0.420. The SMILES string of the molecule is O=C(Nc1nc2ccc(F)cn2c1-c1ccc(OC(F)(F)F)cc1)C1Cc2ccccc2C1. The van der Waals surface area contributed by atoms with Crippen molar-refractivity contribution < 1.29 is 27.1 Å². The van der Waals surface area contributed by atoms with E-state index in [0.717, 1.165) is 23.3 Å². The van der Waals surface area contributed by atoms with E-state index in [9.17, 15) is 22.4 Å². The van der Waals surface area contributed by atoms with E-state index >= 15 is 0 Å². The number of benzene rings is 2. The van der Waals surface area contributed by atoms with Crippen LogP contribution >= 0.6 is 0 Å². The monoisotopic (exact) mass is 455 g/mol. The number of amides is 1. The molecular formula is C24H17F4N3O2. The lowest BCUT2D eigenvalue weighted by Gasteiger charge is -2.12. The molecule has 2 aromatic heterocycles. The van der Waals surface area contributed by atoms with Gasteiger partial charge in [-0.2, -0.15) is 0 Å². The minimum Gasteiger partial charge on any atom is -0.406 e. The van der Waals surface area contributed by atoms with Gasteiger partial charge in [0.15, 0.2) is 5.82 Å². The molecule has 0 atom stereocenters. The van der Waals surface area contributed by atoms with Gasteiger partial charge in [-0.1, -0.05) is 24.3 Å². The lowest BCUT2D eigenvalue weighted by atomic mass is 10.1. The minimum absolute atomic E-state index is 0.200. The van der Waals surface area contributed by atoms with Crippen LogP contribution in [0.15, 0.2) is 66.9 Å². The fraction of sp³-hybridized carbons (Fsp3) is 0.167. The van der Waals surface area contributed by atoms with Crippen LogP contribution in [0.25, 0.3) is 16.9 Å². The summed E-state index contributed by atoms with van der Waals surface area (Å²) in [5, 5.41) is 2.84. The lowest BCUT2D eigenvalue weighted by Crippen LogP contribution is -2.23. The Bertz CT molecular complexity index is 1320. The Morgan fingerprint density at radius 3 is 2.30 bits per heavy atom. The standard InChI is InChI=1S/C24H17F4N3O2/c25-18-7-10-20-29-22(30-23(32)17-11-15-3-1-2-4-16(15)12-17)21(31(20)13-18)14-5-8-19(9-6-14)33-24(26,27)28/h1-10,13,17H,11-12H2,(H,30,32). The third-order valence-electron chi connectivity index (χ3n) is 5.61. The summed E-state index contributed by atoms with van der Waals surface area (Å²) in [5.41, 5.74) is 3.41. The molecular weight excluding hydrogens is 438 g/mol. The zero-order valence-electron chi connectivity index (χ0n) is 17.1. The van der Waals surface area contributed by atoms with Gasteiger partial charge in [-0.15, -0.1) is 13.2 Å². The largest absolute Gasteiger partial charge is 0.573 e. The van der Waals surface area contributed by atoms with Crippen molar-refractivity contribution in [3.05, 3.63) is 83.8 Å². The van der Waals surface area contributed by atoms with Crippen molar-refractivity contribution in [1.29, 1.82) is 0 Å². The number of halogens is 4. The molecule has 2 aromatic carbocycles. The number of nitrogens with one attached hydrogen (secondary N) is 1. The van der Waals surface area contributed by atoms with E-state index in [2.05, 4.69) is 15.0 Å². The number of alkyl halides is 3. The Morgan fingerprint density at radius 1 is 1.00 bits per heavy atom. The number of ether oxygens (including phenoxy) is 1. The summed E-state index contributed by atoms with van der Waals surface area (Å²) in [6, 6.07) is 15.7. The van der Waals surface area contributed by atoms with Gasteiger partial charge in [0, 0.05) is 17.7 Å². The number of fused-ring (bicyclic) bond motifs is 2. The Labute approximate surface area is 185 Å². The Kier molecular flexibility index (Phi) is 5.03. The van der Waals surface area contributed by atoms with E-state index in [0.29, 0.717) is 29.7 Å². The van der Waals surface area contributed by atoms with Gasteiger partial charge in [-0.3, -0.25) is 9.20 Å². The average Bonchev–Trinajstić information content (AvgIpc) is 3.34. The van der Waals surface area contributed by atoms with Crippen molar-refractivity contribution in [2.45, 2.75) is 19.2 Å². The third-order valence-corrected chi connectivity index (χ3v) is 5.61. The molecule has 0 radical (unpaired) electrons. The van der Waals surface area contributed by atoms with Crippen LogP contribution in [0.5, 0.6) is 5.75 Å². The number of hydrogen-bond acceptors (Lipinski definition) is 3. The van der Waals surface area contributed by atoms with Crippen LogP contribution in [-0.2, 0) is 17.6 Å². The number of nitrogens with zero attached hydrogens (tertiary/aromatic N) is 2. The van der Waals surface area contributed by atoms with Crippen molar-refractivity contribution in [1.82, 2.24) is 9.38 Å². The molecule has 0 fully saturated rings. The van der Waals surface area contributed by atoms with E-state index < -0.39 is 12.2 Å². The topological polar surface area (TPSA) is 55.6 Å². The highest BCUT2D eigenvalue weighted by molar-refractivity contribution is 5.96. The number of hydrogen-bond donors (Lipinski definition) is 1. The molecule has 9 heteroatoms. The Balaban J connectivity index is 1.48. The highest BCUT2D eigenvalue weighted by atomic mass is 19.4. The summed E-state index contributed by atoms with van der Waals surface area (Å²) < 4.78 is 56.8. The molecule has 1 N–H and O–H groups in total. The highest BCUT2D eigenvalue weighted by Gasteiger charge is 2.31. The molecule has 2 heterocycles. The van der Waals surface area contributed by atoms with Crippen molar-refractivity contribution in [3.8, 4) is 17.0 Å². The minimum atomic E-state index is -4.81. The molecule has 0 saturated heterocycles. The first-order valence-electron chi connectivity index (χ1n) is 10.2. The second kappa shape index (κ2) is 7.91. The first-order valence-corrected chi connectivity index (χ1v) is 10.2. The molecule has 4 aromatic rings. The summed E-state index contributed by atoms with van der Waals surface area (Å²) in [7, 11) is 0. The van der Waals surface area contributed by atoms with E-state index in [4.69, 9.17) is 0 Å². The van der Waals surface area contributed by atoms with Crippen molar-refractivity contribution in [2.75, 3.05) is 5.32 Å². The number of aromatic nitrogens is 2. The van der Waals surface area contributed by atoms with E-state index in [1.807, 2.05) is 24.3 Å². The molecule has 168 valence electrons. The summed E-state index contributed by atoms with van der Waals surface area (Å²) in [6.07, 6.45) is -2.41. The van der Waals surface area contributed by atoms with Gasteiger partial charge in [0.05, 0.1) is 5.69 Å². The van der Waals surface area contributed by atoms with Crippen molar-refractivity contribution in [3.63, 3.8) is 0 Å². The first kappa shape index (κ1) is 21.0. The molecule has 33 heavy (non-hydrogen) atoms. The number of anilines is 1. The predicted molar refractivity (Wildman–Crippen MR) is 113 cm³/mol. The zero-order valence-corrected chi connectivity index (χ0v) is 17.1. The number of carbonyl (C=O) groups is 1. The molecule has 0 unspecified atom stereocenters. The van der Waals surface area contributed by atoms with Crippen LogP contribution in [0.2, 0.25) is 0 Å². The maximum Gasteiger partial charge on any atom is 0.573 e. The third kappa shape index (κ3) is 4.26. The maximum absolute atomic E-state index is 14.0. The molecule has 0 spiro atoms. The molecule has 5 rings (SSSR count). The molecule has 1 aliphatic rings. The zero-order chi connectivity index (χ0) is 23.2. The van der Waals surface area contributed by atoms with Crippen molar-refractivity contribution >= 4 is 17.4 Å². The second-order valence-corrected chi connectivity index (χ2v) is 7.82. The molecule has 0 aliphatic heterocycles. The van der Waals surface area contributed by atoms with E-state index in [-0.39, 0.29) is 23.4 Å². The van der Waals surface area contributed by atoms with E-state index in [1.165, 1.54) is 34.9 Å². The molecule has 0 saturated carbocycles. The van der Waals surface area contributed by atoms with Gasteiger partial charge in [-0.25, -0.2) is 9.37 Å². The number of carbonyl (C=O) groups excluding carboxylic acids is 1. The summed E-state index contributed by atoms with van der Waals surface area (Å²) in [4.78, 5) is 17.5. The number of pyridine rings is 1. The van der Waals surface area contributed by atoms with Gasteiger partial charge in [-0.05, 0) is 60.4 Å². The van der Waals surface area contributed by atoms with Gasteiger partial charge in [0.2, 0.25) is 5.91 Å². The summed E-state index contributed by atoms with van der Waals surface area (Å²) in [6.45, 7) is 0. The second-order valence-electron chi connectivity index (χ2n) is 7.82. The lowest BCUT2D eigenvalue weighted by molar-refractivity contribution is -0.274. The summed E-state index contributed by atoms with van der Waals surface area (Å²) >= 11 is 0. The Hall–Kier alpha value is -3.88. The normalized spacial score (nSPS) is 13.8. The number of imidazole rings is 1. The Morgan fingerprint density at radius 2 is 1.67 bits per heavy atom. The van der Waals surface area contributed by atoms with E-state index in [1.54, 1.807) is 0 Å². The van der Waals surface area contributed by atoms with Crippen LogP contribution in [0.1, 0.15) is 11.1 Å². The van der Waals surface area contributed by atoms with Crippen LogP contribution < -0.4 is 10.1 Å². The summed E-state index contributed by atoms with van der Waals surface area (Å²) in [5.74, 6) is -1.22. The van der Waals surface area contributed by atoms with Gasteiger partial charge >= 0.3 is 6.36 Å². The average molecular weight is 455 g/mol. The van der Waals surface area contributed by atoms with Gasteiger partial charge < -0.3 is 10.1 Å². The van der Waals surface area contributed by atoms with Crippen LogP contribution in [0.4, 0.5) is 23.4 Å². The maximum atomic E-state index is 14.0. The van der Waals surface area contributed by atoms with Crippen LogP contribution in [0, 0.1) is 11.7 Å². The molecule has 1 aliphatic carbocycles.